The van der Waals surface area contributed by atoms with Crippen LogP contribution in [0.2, 0.25) is 11.3 Å². The van der Waals surface area contributed by atoms with Crippen molar-refractivity contribution >= 4 is 24.6 Å². The Bertz CT molecular complexity index is 697. The van der Waals surface area contributed by atoms with Gasteiger partial charge in [-0.3, -0.25) is 4.79 Å². The molecule has 0 radical (unpaired) electrons. The number of amides is 1. The van der Waals surface area contributed by atoms with Gasteiger partial charge in [-0.2, -0.15) is 0 Å². The molecule has 26 heavy (non-hydrogen) atoms. The van der Waals surface area contributed by atoms with E-state index < -0.39 is 13.2 Å². The van der Waals surface area contributed by atoms with Gasteiger partial charge in [0.05, 0.1) is 6.04 Å². The van der Waals surface area contributed by atoms with Gasteiger partial charge in [0.2, 0.25) is 5.91 Å². The average Bonchev–Trinajstić information content (AvgIpc) is 3.06. The van der Waals surface area contributed by atoms with Crippen LogP contribution < -0.4 is 11.1 Å². The Balaban J connectivity index is 1.81. The molecule has 2 aromatic rings. The number of halogens is 1. The predicted octanol–water partition coefficient (Wildman–Crippen LogP) is 0.286. The smallest absolute Gasteiger partial charge is 0.427 e. The van der Waals surface area contributed by atoms with Crippen LogP contribution in [0.25, 0.3) is 0 Å². The molecule has 0 bridgehead atoms. The maximum Gasteiger partial charge on any atom is 0.451 e. The van der Waals surface area contributed by atoms with Gasteiger partial charge in [-0.1, -0.05) is 36.6 Å². The molecule has 1 heterocycles. The van der Waals surface area contributed by atoms with Gasteiger partial charge in [0.25, 0.3) is 0 Å². The van der Waals surface area contributed by atoms with Gasteiger partial charge in [-0.25, -0.2) is 4.68 Å². The van der Waals surface area contributed by atoms with E-state index in [0.717, 1.165) is 5.56 Å². The molecule has 0 saturated heterocycles. The van der Waals surface area contributed by atoms with Gasteiger partial charge in [-0.15, -0.1) is 5.10 Å². The fourth-order valence-corrected chi connectivity index (χ4v) is 2.53. The number of hydrogen-bond acceptors (Lipinski definition) is 7. The number of rotatable bonds is 10. The molecule has 5 N–H and O–H groups in total. The number of nitrogens with zero attached hydrogens (tertiary/aromatic N) is 4. The zero-order chi connectivity index (χ0) is 18.9. The van der Waals surface area contributed by atoms with Crippen molar-refractivity contribution in [2.45, 2.75) is 44.7 Å². The van der Waals surface area contributed by atoms with E-state index in [9.17, 15) is 4.79 Å². The highest BCUT2D eigenvalue weighted by Crippen LogP contribution is 2.15. The van der Waals surface area contributed by atoms with Gasteiger partial charge in [0.15, 0.2) is 5.82 Å². The van der Waals surface area contributed by atoms with Crippen molar-refractivity contribution in [3.05, 3.63) is 40.7 Å². The normalized spacial score (nSPS) is 12.0. The van der Waals surface area contributed by atoms with Crippen LogP contribution in [-0.4, -0.2) is 43.3 Å². The fourth-order valence-electron chi connectivity index (χ4n) is 2.40. The van der Waals surface area contributed by atoms with Crippen LogP contribution >= 0.6 is 11.6 Å². The highest BCUT2D eigenvalue weighted by molar-refractivity contribution is 6.40. The first-order chi connectivity index (χ1) is 12.5. The topological polar surface area (TPSA) is 139 Å². The third-order valence-electron chi connectivity index (χ3n) is 3.82. The summed E-state index contributed by atoms with van der Waals surface area (Å²) >= 11 is 5.83. The average molecular weight is 381 g/mol. The maximum atomic E-state index is 12.1. The zero-order valence-electron chi connectivity index (χ0n) is 14.3. The number of hydrogen-bond donors (Lipinski definition) is 4. The molecule has 11 heteroatoms. The molecular formula is C15H22BClN6O3. The van der Waals surface area contributed by atoms with Crippen molar-refractivity contribution in [1.82, 2.24) is 25.5 Å². The van der Waals surface area contributed by atoms with E-state index in [2.05, 4.69) is 20.8 Å². The van der Waals surface area contributed by atoms with Crippen molar-refractivity contribution in [2.24, 2.45) is 5.73 Å². The second kappa shape index (κ2) is 10.2. The Morgan fingerprint density at radius 2 is 2.04 bits per heavy atom. The summed E-state index contributed by atoms with van der Waals surface area (Å²) in [6, 6.07) is 6.77. The Kier molecular flexibility index (Phi) is 7.98. The molecule has 140 valence electrons. The first-order valence-electron chi connectivity index (χ1n) is 8.34. The van der Waals surface area contributed by atoms with Crippen molar-refractivity contribution in [3.8, 4) is 0 Å². The molecule has 9 nitrogen and oxygen atoms in total. The summed E-state index contributed by atoms with van der Waals surface area (Å²) in [7, 11) is -1.30. The highest BCUT2D eigenvalue weighted by atomic mass is 35.5. The molecule has 0 spiro atoms. The van der Waals surface area contributed by atoms with Crippen molar-refractivity contribution in [2.75, 3.05) is 0 Å². The summed E-state index contributed by atoms with van der Waals surface area (Å²) in [5.74, 6) is 0.195. The van der Waals surface area contributed by atoms with E-state index in [1.165, 1.54) is 4.68 Å². The third kappa shape index (κ3) is 6.72. The Hall–Kier alpha value is -2.01. The number of unbranched alkanes of at least 4 members (excludes halogenated alkanes) is 1. The molecule has 0 fully saturated rings. The first-order valence-corrected chi connectivity index (χ1v) is 8.72. The number of aromatic nitrogens is 4. The molecule has 0 aliphatic rings. The molecular weight excluding hydrogens is 358 g/mol. The summed E-state index contributed by atoms with van der Waals surface area (Å²) in [5.41, 5.74) is 7.01. The number of tetrazole rings is 1. The van der Waals surface area contributed by atoms with Gasteiger partial charge < -0.3 is 21.1 Å². The zero-order valence-corrected chi connectivity index (χ0v) is 15.0. The van der Waals surface area contributed by atoms with Crippen LogP contribution in [0.5, 0.6) is 0 Å². The lowest BCUT2D eigenvalue weighted by molar-refractivity contribution is -0.122. The lowest BCUT2D eigenvalue weighted by Crippen LogP contribution is -2.29. The monoisotopic (exact) mass is 380 g/mol. The van der Waals surface area contributed by atoms with Crippen LogP contribution in [0.4, 0.5) is 0 Å². The molecule has 0 aliphatic carbocycles. The molecule has 0 unspecified atom stereocenters. The van der Waals surface area contributed by atoms with Crippen LogP contribution in [-0.2, 0) is 17.9 Å². The van der Waals surface area contributed by atoms with Crippen LogP contribution in [0, 0.1) is 0 Å². The standard InChI is InChI=1S/C15H22BClN6O3/c17-12-6-4-11(5-7-12)9-19-14(24)10-23-15(20-21-22-23)13(18)3-1-2-8-16(25)26/h4-7,13,25-26H,1-3,8-10,18H2,(H,19,24)/t13-/m0/s1. The predicted molar refractivity (Wildman–Crippen MR) is 96.9 cm³/mol. The second-order valence-corrected chi connectivity index (χ2v) is 6.41. The van der Waals surface area contributed by atoms with Gasteiger partial charge in [-0.05, 0) is 40.9 Å². The largest absolute Gasteiger partial charge is 0.451 e. The molecule has 2 rings (SSSR count). The number of nitrogens with two attached hydrogens (primary N) is 1. The SMILES string of the molecule is N[C@@H](CCCCB(O)O)c1nnnn1CC(=O)NCc1ccc(Cl)cc1. The second-order valence-electron chi connectivity index (χ2n) is 5.97. The minimum Gasteiger partial charge on any atom is -0.427 e. The number of carbonyl (C=O) groups is 1. The number of benzene rings is 1. The Morgan fingerprint density at radius 3 is 2.73 bits per heavy atom. The quantitative estimate of drug-likeness (QED) is 0.343. The van der Waals surface area contributed by atoms with Gasteiger partial charge in [0.1, 0.15) is 6.54 Å². The van der Waals surface area contributed by atoms with E-state index in [-0.39, 0.29) is 12.5 Å². The van der Waals surface area contributed by atoms with Gasteiger partial charge in [0, 0.05) is 11.6 Å². The summed E-state index contributed by atoms with van der Waals surface area (Å²) in [6.07, 6.45) is 2.22. The van der Waals surface area contributed by atoms with E-state index in [0.29, 0.717) is 43.0 Å². The summed E-state index contributed by atoms with van der Waals surface area (Å²) < 4.78 is 1.38. The van der Waals surface area contributed by atoms with Crippen molar-refractivity contribution in [1.29, 1.82) is 0 Å². The van der Waals surface area contributed by atoms with Crippen LogP contribution in [0.3, 0.4) is 0 Å². The molecule has 1 atom stereocenters. The van der Waals surface area contributed by atoms with E-state index in [1.807, 2.05) is 12.1 Å². The Morgan fingerprint density at radius 1 is 1.31 bits per heavy atom. The maximum absolute atomic E-state index is 12.1. The molecule has 1 aromatic carbocycles. The molecule has 0 aliphatic heterocycles. The minimum atomic E-state index is -1.30. The van der Waals surface area contributed by atoms with Crippen LogP contribution in [0.15, 0.2) is 24.3 Å². The van der Waals surface area contributed by atoms with E-state index >= 15 is 0 Å². The lowest BCUT2D eigenvalue weighted by Gasteiger charge is -2.12. The Labute approximate surface area is 156 Å². The molecule has 1 amide bonds. The summed E-state index contributed by atoms with van der Waals surface area (Å²) in [6.45, 7) is 0.349. The van der Waals surface area contributed by atoms with E-state index in [1.54, 1.807) is 12.1 Å². The van der Waals surface area contributed by atoms with Crippen molar-refractivity contribution in [3.63, 3.8) is 0 Å². The van der Waals surface area contributed by atoms with E-state index in [4.69, 9.17) is 27.4 Å². The lowest BCUT2D eigenvalue weighted by atomic mass is 9.83. The number of carbonyl (C=O) groups excluding carboxylic acids is 1. The minimum absolute atomic E-state index is 0.0288. The van der Waals surface area contributed by atoms with Crippen LogP contribution in [0.1, 0.15) is 36.7 Å². The first kappa shape index (κ1) is 20.3. The fraction of sp³-hybridized carbons (Fsp3) is 0.467. The van der Waals surface area contributed by atoms with Gasteiger partial charge >= 0.3 is 7.12 Å². The summed E-state index contributed by atoms with van der Waals surface area (Å²) in [5, 5.41) is 32.4. The highest BCUT2D eigenvalue weighted by Gasteiger charge is 2.17. The molecule has 1 aromatic heterocycles. The van der Waals surface area contributed by atoms with Crippen molar-refractivity contribution < 1.29 is 14.8 Å². The third-order valence-corrected chi connectivity index (χ3v) is 4.07. The number of nitrogens with one attached hydrogen (secondary N) is 1. The summed E-state index contributed by atoms with van der Waals surface area (Å²) in [4.78, 5) is 12.1. The molecule has 0 saturated carbocycles.